The van der Waals surface area contributed by atoms with Crippen LogP contribution in [0.2, 0.25) is 0 Å². The Hall–Kier alpha value is -0.0900. The van der Waals surface area contributed by atoms with Crippen LogP contribution in [0.4, 0.5) is 0 Å². The summed E-state index contributed by atoms with van der Waals surface area (Å²) in [6.07, 6.45) is 0.753. The SMILES string of the molecule is CCN1C(C)(C)CCS1(=O)=O. The fraction of sp³-hybridized carbons (Fsp3) is 1.00. The third-order valence-electron chi connectivity index (χ3n) is 2.27. The van der Waals surface area contributed by atoms with Gasteiger partial charge in [-0.15, -0.1) is 0 Å². The third kappa shape index (κ3) is 1.42. The lowest BCUT2D eigenvalue weighted by Crippen LogP contribution is -2.40. The zero-order valence-electron chi connectivity index (χ0n) is 7.29. The first-order valence-electron chi connectivity index (χ1n) is 3.91. The summed E-state index contributed by atoms with van der Waals surface area (Å²) in [6.45, 7) is 6.42. The van der Waals surface area contributed by atoms with E-state index >= 15 is 0 Å². The van der Waals surface area contributed by atoms with Gasteiger partial charge in [-0.1, -0.05) is 6.92 Å². The molecule has 3 nitrogen and oxygen atoms in total. The number of sulfonamides is 1. The van der Waals surface area contributed by atoms with Gasteiger partial charge in [0, 0.05) is 12.1 Å². The molecule has 0 amide bonds. The summed E-state index contributed by atoms with van der Waals surface area (Å²) < 4.78 is 24.3. The van der Waals surface area contributed by atoms with Crippen molar-refractivity contribution in [1.82, 2.24) is 4.31 Å². The van der Waals surface area contributed by atoms with Gasteiger partial charge < -0.3 is 0 Å². The Morgan fingerprint density at radius 3 is 2.18 bits per heavy atom. The molecule has 0 N–H and O–H groups in total. The molecule has 0 bridgehead atoms. The van der Waals surface area contributed by atoms with E-state index in [2.05, 4.69) is 0 Å². The normalized spacial score (nSPS) is 29.0. The Balaban J connectivity index is 2.99. The predicted molar refractivity (Wildman–Crippen MR) is 44.9 cm³/mol. The second-order valence-corrected chi connectivity index (χ2v) is 5.56. The quantitative estimate of drug-likeness (QED) is 0.594. The minimum atomic E-state index is -2.91. The van der Waals surface area contributed by atoms with Crippen LogP contribution in [0.1, 0.15) is 27.2 Å². The van der Waals surface area contributed by atoms with Crippen LogP contribution in [0.5, 0.6) is 0 Å². The van der Waals surface area contributed by atoms with E-state index in [0.717, 1.165) is 6.42 Å². The van der Waals surface area contributed by atoms with Crippen LogP contribution in [0.25, 0.3) is 0 Å². The molecular formula is C7H15NO2S. The first-order chi connectivity index (χ1) is 4.90. The van der Waals surface area contributed by atoms with E-state index in [4.69, 9.17) is 0 Å². The maximum Gasteiger partial charge on any atom is 0.214 e. The van der Waals surface area contributed by atoms with Crippen molar-refractivity contribution in [2.24, 2.45) is 0 Å². The van der Waals surface area contributed by atoms with Crippen LogP contribution in [0.3, 0.4) is 0 Å². The molecule has 0 saturated carbocycles. The Kier molecular flexibility index (Phi) is 2.01. The molecule has 66 valence electrons. The lowest BCUT2D eigenvalue weighted by Gasteiger charge is -2.27. The summed E-state index contributed by atoms with van der Waals surface area (Å²) in [5, 5.41) is 0. The Bertz CT molecular complexity index is 243. The van der Waals surface area contributed by atoms with Crippen molar-refractivity contribution in [2.75, 3.05) is 12.3 Å². The van der Waals surface area contributed by atoms with Crippen molar-refractivity contribution in [1.29, 1.82) is 0 Å². The lowest BCUT2D eigenvalue weighted by atomic mass is 10.0. The summed E-state index contributed by atoms with van der Waals surface area (Å²) in [6, 6.07) is 0. The average molecular weight is 177 g/mol. The van der Waals surface area contributed by atoms with Crippen molar-refractivity contribution in [3.8, 4) is 0 Å². The molecule has 1 saturated heterocycles. The maximum absolute atomic E-state index is 11.3. The smallest absolute Gasteiger partial charge is 0.212 e. The molecule has 0 aliphatic carbocycles. The fourth-order valence-corrected chi connectivity index (χ4v) is 3.83. The predicted octanol–water partition coefficient (Wildman–Crippen LogP) is 0.820. The zero-order valence-corrected chi connectivity index (χ0v) is 8.11. The highest BCUT2D eigenvalue weighted by Gasteiger charge is 2.41. The number of hydrogen-bond acceptors (Lipinski definition) is 2. The topological polar surface area (TPSA) is 37.4 Å². The fourth-order valence-electron chi connectivity index (χ4n) is 1.61. The Morgan fingerprint density at radius 2 is 2.00 bits per heavy atom. The van der Waals surface area contributed by atoms with Gasteiger partial charge in [-0.3, -0.25) is 0 Å². The van der Waals surface area contributed by atoms with E-state index in [1.165, 1.54) is 0 Å². The molecule has 1 rings (SSSR count). The van der Waals surface area contributed by atoms with E-state index in [9.17, 15) is 8.42 Å². The van der Waals surface area contributed by atoms with Crippen LogP contribution in [0.15, 0.2) is 0 Å². The molecular weight excluding hydrogens is 162 g/mol. The van der Waals surface area contributed by atoms with Gasteiger partial charge in [0.1, 0.15) is 0 Å². The second-order valence-electron chi connectivity index (χ2n) is 3.54. The van der Waals surface area contributed by atoms with Crippen LogP contribution in [-0.4, -0.2) is 30.6 Å². The Morgan fingerprint density at radius 1 is 1.45 bits per heavy atom. The van der Waals surface area contributed by atoms with Gasteiger partial charge in [-0.05, 0) is 20.3 Å². The highest BCUT2D eigenvalue weighted by Crippen LogP contribution is 2.30. The van der Waals surface area contributed by atoms with Crippen LogP contribution < -0.4 is 0 Å². The molecule has 0 aromatic carbocycles. The number of rotatable bonds is 1. The van der Waals surface area contributed by atoms with Crippen LogP contribution in [0, 0.1) is 0 Å². The summed E-state index contributed by atoms with van der Waals surface area (Å²) in [7, 11) is -2.91. The molecule has 1 fully saturated rings. The zero-order chi connectivity index (χ0) is 8.70. The van der Waals surface area contributed by atoms with E-state index in [1.54, 1.807) is 4.31 Å². The molecule has 1 aliphatic heterocycles. The highest BCUT2D eigenvalue weighted by molar-refractivity contribution is 7.89. The van der Waals surface area contributed by atoms with Crippen LogP contribution in [-0.2, 0) is 10.0 Å². The molecule has 11 heavy (non-hydrogen) atoms. The van der Waals surface area contributed by atoms with Gasteiger partial charge in [-0.2, -0.15) is 4.31 Å². The van der Waals surface area contributed by atoms with Gasteiger partial charge >= 0.3 is 0 Å². The molecule has 0 aromatic heterocycles. The van der Waals surface area contributed by atoms with E-state index < -0.39 is 10.0 Å². The number of nitrogens with zero attached hydrogens (tertiary/aromatic N) is 1. The van der Waals surface area contributed by atoms with Crippen molar-refractivity contribution < 1.29 is 8.42 Å². The van der Waals surface area contributed by atoms with E-state index in [1.807, 2.05) is 20.8 Å². The molecule has 0 atom stereocenters. The first kappa shape index (κ1) is 9.00. The summed E-state index contributed by atoms with van der Waals surface area (Å²) in [5.41, 5.74) is -0.159. The third-order valence-corrected chi connectivity index (χ3v) is 4.41. The minimum absolute atomic E-state index is 0.159. The van der Waals surface area contributed by atoms with Gasteiger partial charge in [0.15, 0.2) is 0 Å². The van der Waals surface area contributed by atoms with Gasteiger partial charge in [0.25, 0.3) is 0 Å². The minimum Gasteiger partial charge on any atom is -0.212 e. The molecule has 0 aromatic rings. The second kappa shape index (κ2) is 2.45. The van der Waals surface area contributed by atoms with Gasteiger partial charge in [0.05, 0.1) is 5.75 Å². The monoisotopic (exact) mass is 177 g/mol. The van der Waals surface area contributed by atoms with E-state index in [-0.39, 0.29) is 5.54 Å². The summed E-state index contributed by atoms with van der Waals surface area (Å²) in [4.78, 5) is 0. The van der Waals surface area contributed by atoms with Gasteiger partial charge in [0.2, 0.25) is 10.0 Å². The largest absolute Gasteiger partial charge is 0.214 e. The molecule has 1 aliphatic rings. The standard InChI is InChI=1S/C7H15NO2S/c1-4-8-7(2,3)5-6-11(8,9)10/h4-6H2,1-3H3. The Labute approximate surface area is 68.4 Å². The molecule has 0 unspecified atom stereocenters. The van der Waals surface area contributed by atoms with Crippen molar-refractivity contribution >= 4 is 10.0 Å². The van der Waals surface area contributed by atoms with Crippen molar-refractivity contribution in [3.05, 3.63) is 0 Å². The van der Waals surface area contributed by atoms with Crippen molar-refractivity contribution in [3.63, 3.8) is 0 Å². The first-order valence-corrected chi connectivity index (χ1v) is 5.51. The molecule has 0 radical (unpaired) electrons. The molecule has 1 heterocycles. The highest BCUT2D eigenvalue weighted by atomic mass is 32.2. The molecule has 0 spiro atoms. The van der Waals surface area contributed by atoms with E-state index in [0.29, 0.717) is 12.3 Å². The maximum atomic E-state index is 11.3. The van der Waals surface area contributed by atoms with Gasteiger partial charge in [-0.25, -0.2) is 8.42 Å². The summed E-state index contributed by atoms with van der Waals surface area (Å²) >= 11 is 0. The lowest BCUT2D eigenvalue weighted by molar-refractivity contribution is 0.259. The average Bonchev–Trinajstić information content (AvgIpc) is 2.03. The number of hydrogen-bond donors (Lipinski definition) is 0. The van der Waals surface area contributed by atoms with Crippen LogP contribution >= 0.6 is 0 Å². The van der Waals surface area contributed by atoms with Crippen molar-refractivity contribution in [2.45, 2.75) is 32.7 Å². The molecule has 4 heteroatoms. The summed E-state index contributed by atoms with van der Waals surface area (Å²) in [5.74, 6) is 0.313.